The highest BCUT2D eigenvalue weighted by Gasteiger charge is 2.46. The van der Waals surface area contributed by atoms with Gasteiger partial charge in [0.1, 0.15) is 5.82 Å². The van der Waals surface area contributed by atoms with Gasteiger partial charge in [-0.1, -0.05) is 24.2 Å². The molecule has 1 saturated carbocycles. The topological polar surface area (TPSA) is 88.8 Å². The van der Waals surface area contributed by atoms with Gasteiger partial charge < -0.3 is 24.3 Å². The fourth-order valence-corrected chi connectivity index (χ4v) is 6.75. The van der Waals surface area contributed by atoms with Crippen LogP contribution in [0, 0.1) is 16.7 Å². The summed E-state index contributed by atoms with van der Waals surface area (Å²) in [5.41, 5.74) is 0.654. The predicted octanol–water partition coefficient (Wildman–Crippen LogP) is 4.69. The van der Waals surface area contributed by atoms with E-state index in [0.717, 1.165) is 38.0 Å². The van der Waals surface area contributed by atoms with E-state index in [0.29, 0.717) is 50.7 Å². The molecule has 2 aromatic rings. The molecule has 0 radical (unpaired) electrons. The Morgan fingerprint density at radius 2 is 1.98 bits per heavy atom. The number of halogens is 4. The van der Waals surface area contributed by atoms with Gasteiger partial charge in [-0.15, -0.1) is 0 Å². The van der Waals surface area contributed by atoms with E-state index in [4.69, 9.17) is 26.3 Å². The SMILES string of the molecule is C=CC(=O)N1CCN(c2nc(OCC3(CN4CCC4)CC3)nc3c2CCN(c2cccc(Cl)c2C(F)(F)F)C3)C[C@@H]1CC#N. The van der Waals surface area contributed by atoms with Gasteiger partial charge in [0.2, 0.25) is 5.91 Å². The van der Waals surface area contributed by atoms with Crippen LogP contribution in [0.15, 0.2) is 30.9 Å². The first-order valence-corrected chi connectivity index (χ1v) is 15.4. The second kappa shape index (κ2) is 12.1. The van der Waals surface area contributed by atoms with Gasteiger partial charge in [0.05, 0.1) is 53.7 Å². The minimum absolute atomic E-state index is 0.00963. The third-order valence-corrected chi connectivity index (χ3v) is 9.49. The lowest BCUT2D eigenvalue weighted by Crippen LogP contribution is -2.55. The van der Waals surface area contributed by atoms with Crippen LogP contribution in [0.25, 0.3) is 0 Å². The fraction of sp³-hybridized carbons (Fsp3) is 0.548. The van der Waals surface area contributed by atoms with E-state index in [2.05, 4.69) is 17.5 Å². The molecule has 0 N–H and O–H groups in total. The number of benzene rings is 1. The second-order valence-electron chi connectivity index (χ2n) is 12.2. The van der Waals surface area contributed by atoms with Crippen LogP contribution in [0.5, 0.6) is 6.01 Å². The zero-order chi connectivity index (χ0) is 31.1. The van der Waals surface area contributed by atoms with Crippen molar-refractivity contribution in [3.63, 3.8) is 0 Å². The monoisotopic (exact) mass is 629 g/mol. The molecule has 0 bridgehead atoms. The van der Waals surface area contributed by atoms with Gasteiger partial charge in [-0.2, -0.15) is 28.4 Å². The number of carbonyl (C=O) groups excluding carboxylic acids is 1. The Hall–Kier alpha value is -3.56. The van der Waals surface area contributed by atoms with Crippen LogP contribution in [0.1, 0.15) is 42.5 Å². The molecule has 2 saturated heterocycles. The molecule has 4 aliphatic rings. The standard InChI is InChI=1S/C31H35ClF3N7O2/c1-2-26(43)42-16-15-41(17-21(42)7-11-36)28-22-8-14-40(25-6-3-5-23(32)27(25)31(33,34)35)18-24(22)37-29(38-28)44-20-30(9-10-30)19-39-12-4-13-39/h2-3,5-6,21H,1,4,7-10,12-20H2/t21-/m0/s1. The minimum atomic E-state index is -4.62. The Balaban J connectivity index is 1.31. The van der Waals surface area contributed by atoms with E-state index in [9.17, 15) is 23.2 Å². The van der Waals surface area contributed by atoms with Crippen molar-refractivity contribution in [2.75, 3.05) is 62.2 Å². The number of nitrogens with zero attached hydrogens (tertiary/aromatic N) is 7. The van der Waals surface area contributed by atoms with Crippen LogP contribution in [0.3, 0.4) is 0 Å². The number of carbonyl (C=O) groups is 1. The predicted molar refractivity (Wildman–Crippen MR) is 160 cm³/mol. The van der Waals surface area contributed by atoms with E-state index >= 15 is 0 Å². The molecule has 3 aliphatic heterocycles. The van der Waals surface area contributed by atoms with Crippen LogP contribution in [-0.2, 0) is 23.9 Å². The van der Waals surface area contributed by atoms with Crippen molar-refractivity contribution in [1.29, 1.82) is 5.26 Å². The van der Waals surface area contributed by atoms with Crippen molar-refractivity contribution in [2.24, 2.45) is 5.41 Å². The lowest BCUT2D eigenvalue weighted by atomic mass is 10.0. The Labute approximate surface area is 259 Å². The van der Waals surface area contributed by atoms with Crippen LogP contribution in [-0.4, -0.2) is 84.1 Å². The summed E-state index contributed by atoms with van der Waals surface area (Å²) in [5.74, 6) is 0.418. The molecule has 0 spiro atoms. The molecule has 1 aliphatic carbocycles. The van der Waals surface area contributed by atoms with Crippen LogP contribution in [0.4, 0.5) is 24.7 Å². The Morgan fingerprint density at radius 1 is 1.18 bits per heavy atom. The zero-order valence-electron chi connectivity index (χ0n) is 24.5. The summed E-state index contributed by atoms with van der Waals surface area (Å²) in [6.07, 6.45) is 0.541. The summed E-state index contributed by atoms with van der Waals surface area (Å²) in [5, 5.41) is 9.13. The molecule has 44 heavy (non-hydrogen) atoms. The summed E-state index contributed by atoms with van der Waals surface area (Å²) >= 11 is 6.05. The van der Waals surface area contributed by atoms with Gasteiger partial charge in [0.15, 0.2) is 0 Å². The van der Waals surface area contributed by atoms with E-state index in [1.807, 2.05) is 4.90 Å². The van der Waals surface area contributed by atoms with Crippen molar-refractivity contribution in [1.82, 2.24) is 19.8 Å². The van der Waals surface area contributed by atoms with Gasteiger partial charge in [0, 0.05) is 43.7 Å². The number of fused-ring (bicyclic) bond motifs is 1. The first-order valence-electron chi connectivity index (χ1n) is 15.0. The number of hydrogen-bond donors (Lipinski definition) is 0. The maximum Gasteiger partial charge on any atom is 0.419 e. The van der Waals surface area contributed by atoms with Gasteiger partial charge in [-0.25, -0.2) is 0 Å². The van der Waals surface area contributed by atoms with Crippen molar-refractivity contribution in [3.05, 3.63) is 52.7 Å². The second-order valence-corrected chi connectivity index (χ2v) is 12.6. The first kappa shape index (κ1) is 30.5. The Kier molecular flexibility index (Phi) is 8.37. The number of hydrogen-bond acceptors (Lipinski definition) is 8. The summed E-state index contributed by atoms with van der Waals surface area (Å²) < 4.78 is 48.4. The number of amides is 1. The van der Waals surface area contributed by atoms with Crippen molar-refractivity contribution < 1.29 is 22.7 Å². The maximum atomic E-state index is 14.1. The number of alkyl halides is 3. The first-order chi connectivity index (χ1) is 21.1. The lowest BCUT2D eigenvalue weighted by Gasteiger charge is -2.42. The number of rotatable bonds is 9. The highest BCUT2D eigenvalue weighted by atomic mass is 35.5. The van der Waals surface area contributed by atoms with Gasteiger partial charge in [0.25, 0.3) is 0 Å². The summed E-state index contributed by atoms with van der Waals surface area (Å²) in [6.45, 7) is 8.91. The summed E-state index contributed by atoms with van der Waals surface area (Å²) in [7, 11) is 0. The van der Waals surface area contributed by atoms with E-state index in [1.165, 1.54) is 30.7 Å². The van der Waals surface area contributed by atoms with Crippen molar-refractivity contribution >= 4 is 29.0 Å². The number of likely N-dealkylation sites (tertiary alicyclic amines) is 1. The van der Waals surface area contributed by atoms with E-state index in [1.54, 1.807) is 9.80 Å². The normalized spacial score (nSPS) is 21.2. The van der Waals surface area contributed by atoms with E-state index < -0.39 is 11.7 Å². The number of ether oxygens (including phenoxy) is 1. The molecule has 0 unspecified atom stereocenters. The zero-order valence-corrected chi connectivity index (χ0v) is 25.2. The van der Waals surface area contributed by atoms with Crippen molar-refractivity contribution in [3.8, 4) is 12.1 Å². The fourth-order valence-electron chi connectivity index (χ4n) is 6.47. The number of anilines is 2. The molecule has 1 aromatic heterocycles. The highest BCUT2D eigenvalue weighted by molar-refractivity contribution is 6.31. The van der Waals surface area contributed by atoms with E-state index in [-0.39, 0.29) is 47.1 Å². The highest BCUT2D eigenvalue weighted by Crippen LogP contribution is 2.47. The molecular formula is C31H35ClF3N7O2. The average Bonchev–Trinajstić information content (AvgIpc) is 3.76. The number of piperazine rings is 1. The van der Waals surface area contributed by atoms with Crippen LogP contribution >= 0.6 is 11.6 Å². The molecule has 3 fully saturated rings. The molecular weight excluding hydrogens is 595 g/mol. The molecule has 1 aromatic carbocycles. The Morgan fingerprint density at radius 3 is 2.64 bits per heavy atom. The smallest absolute Gasteiger partial charge is 0.419 e. The lowest BCUT2D eigenvalue weighted by molar-refractivity contribution is -0.137. The van der Waals surface area contributed by atoms with Crippen LogP contribution < -0.4 is 14.5 Å². The largest absolute Gasteiger partial charge is 0.463 e. The molecule has 13 heteroatoms. The molecule has 9 nitrogen and oxygen atoms in total. The number of nitriles is 1. The average molecular weight is 630 g/mol. The minimum Gasteiger partial charge on any atom is -0.463 e. The quantitative estimate of drug-likeness (QED) is 0.369. The van der Waals surface area contributed by atoms with Gasteiger partial charge in [-0.05, 0) is 57.0 Å². The summed E-state index contributed by atoms with van der Waals surface area (Å²) in [6, 6.07) is 6.23. The number of aromatic nitrogens is 2. The third-order valence-electron chi connectivity index (χ3n) is 9.18. The van der Waals surface area contributed by atoms with Crippen LogP contribution in [0.2, 0.25) is 5.02 Å². The Bertz CT molecular complexity index is 1470. The third kappa shape index (κ3) is 6.17. The summed E-state index contributed by atoms with van der Waals surface area (Å²) in [4.78, 5) is 29.9. The molecule has 1 atom stereocenters. The van der Waals surface area contributed by atoms with Crippen molar-refractivity contribution in [2.45, 2.75) is 50.9 Å². The molecule has 1 amide bonds. The maximum absolute atomic E-state index is 14.1. The van der Waals surface area contributed by atoms with Gasteiger partial charge >= 0.3 is 12.2 Å². The molecule has 4 heterocycles. The molecule has 234 valence electrons. The van der Waals surface area contributed by atoms with Gasteiger partial charge in [-0.3, -0.25) is 4.79 Å². The molecule has 6 rings (SSSR count).